The number of methoxy groups -OCH3 is 1. The predicted octanol–water partition coefficient (Wildman–Crippen LogP) is 4.19. The van der Waals surface area contributed by atoms with Crippen molar-refractivity contribution in [2.45, 2.75) is 11.9 Å². The maximum Gasteiger partial charge on any atom is 0.234 e. The van der Waals surface area contributed by atoms with Gasteiger partial charge >= 0.3 is 0 Å². The number of anilines is 1. The Labute approximate surface area is 156 Å². The SMILES string of the molecule is COc1ccccc1-c1ccc(SCC(=O)Nc2ccc(C)cc2)nn1. The summed E-state index contributed by atoms with van der Waals surface area (Å²) in [4.78, 5) is 12.0. The highest BCUT2D eigenvalue weighted by Crippen LogP contribution is 2.28. The number of carbonyl (C=O) groups is 1. The summed E-state index contributed by atoms with van der Waals surface area (Å²) in [6, 6.07) is 19.1. The Morgan fingerprint density at radius 1 is 1.04 bits per heavy atom. The molecule has 0 radical (unpaired) electrons. The second kappa shape index (κ2) is 8.49. The molecule has 26 heavy (non-hydrogen) atoms. The standard InChI is InChI=1S/C20H19N3O2S/c1-14-7-9-15(10-8-14)21-19(24)13-26-20-12-11-17(22-23-20)16-5-3-4-6-18(16)25-2/h3-12H,13H2,1-2H3,(H,21,24). The fraction of sp³-hybridized carbons (Fsp3) is 0.150. The lowest BCUT2D eigenvalue weighted by molar-refractivity contribution is -0.113. The maximum atomic E-state index is 12.0. The monoisotopic (exact) mass is 365 g/mol. The second-order valence-electron chi connectivity index (χ2n) is 5.66. The zero-order chi connectivity index (χ0) is 18.4. The van der Waals surface area contributed by atoms with Crippen molar-refractivity contribution in [3.05, 3.63) is 66.2 Å². The lowest BCUT2D eigenvalue weighted by Crippen LogP contribution is -2.14. The van der Waals surface area contributed by atoms with Gasteiger partial charge in [0, 0.05) is 11.3 Å². The van der Waals surface area contributed by atoms with Crippen molar-refractivity contribution in [2.24, 2.45) is 0 Å². The second-order valence-corrected chi connectivity index (χ2v) is 6.66. The first kappa shape index (κ1) is 17.9. The van der Waals surface area contributed by atoms with Crippen molar-refractivity contribution < 1.29 is 9.53 Å². The molecule has 0 aliphatic carbocycles. The summed E-state index contributed by atoms with van der Waals surface area (Å²) in [5, 5.41) is 12.0. The number of carbonyl (C=O) groups excluding carboxylic acids is 1. The van der Waals surface area contributed by atoms with Crippen molar-refractivity contribution in [1.82, 2.24) is 10.2 Å². The molecule has 1 N–H and O–H groups in total. The number of hydrogen-bond donors (Lipinski definition) is 1. The van der Waals surface area contributed by atoms with Crippen molar-refractivity contribution in [3.63, 3.8) is 0 Å². The van der Waals surface area contributed by atoms with E-state index in [4.69, 9.17) is 4.74 Å². The van der Waals surface area contributed by atoms with Gasteiger partial charge in [0.15, 0.2) is 0 Å². The van der Waals surface area contributed by atoms with Gasteiger partial charge in [0.2, 0.25) is 5.91 Å². The number of nitrogens with one attached hydrogen (secondary N) is 1. The number of aryl methyl sites for hydroxylation is 1. The van der Waals surface area contributed by atoms with Crippen LogP contribution in [0.1, 0.15) is 5.56 Å². The van der Waals surface area contributed by atoms with Crippen LogP contribution in [0.2, 0.25) is 0 Å². The molecule has 1 heterocycles. The molecule has 0 bridgehead atoms. The molecule has 0 aliphatic heterocycles. The quantitative estimate of drug-likeness (QED) is 0.664. The van der Waals surface area contributed by atoms with Crippen molar-refractivity contribution in [2.75, 3.05) is 18.2 Å². The van der Waals surface area contributed by atoms with E-state index in [1.165, 1.54) is 11.8 Å². The van der Waals surface area contributed by atoms with Crippen LogP contribution in [-0.2, 0) is 4.79 Å². The normalized spacial score (nSPS) is 10.4. The number of rotatable bonds is 6. The van der Waals surface area contributed by atoms with Crippen LogP contribution in [0.5, 0.6) is 5.75 Å². The first-order valence-corrected chi connectivity index (χ1v) is 9.11. The average molecular weight is 365 g/mol. The highest BCUT2D eigenvalue weighted by Gasteiger charge is 2.09. The van der Waals surface area contributed by atoms with E-state index in [1.54, 1.807) is 7.11 Å². The Morgan fingerprint density at radius 3 is 2.50 bits per heavy atom. The fourth-order valence-corrected chi connectivity index (χ4v) is 2.98. The summed E-state index contributed by atoms with van der Waals surface area (Å²) in [6.07, 6.45) is 0. The summed E-state index contributed by atoms with van der Waals surface area (Å²) < 4.78 is 5.35. The van der Waals surface area contributed by atoms with Gasteiger partial charge in [-0.25, -0.2) is 0 Å². The third-order valence-electron chi connectivity index (χ3n) is 3.71. The minimum absolute atomic E-state index is 0.0746. The van der Waals surface area contributed by atoms with Crippen molar-refractivity contribution >= 4 is 23.4 Å². The van der Waals surface area contributed by atoms with Crippen LogP contribution < -0.4 is 10.1 Å². The van der Waals surface area contributed by atoms with Crippen molar-refractivity contribution in [3.8, 4) is 17.0 Å². The molecule has 1 amide bonds. The first-order chi connectivity index (χ1) is 12.7. The number of thioether (sulfide) groups is 1. The number of amides is 1. The highest BCUT2D eigenvalue weighted by molar-refractivity contribution is 7.99. The molecular formula is C20H19N3O2S. The zero-order valence-electron chi connectivity index (χ0n) is 14.6. The minimum Gasteiger partial charge on any atom is -0.496 e. The average Bonchev–Trinajstić information content (AvgIpc) is 2.68. The van der Waals surface area contributed by atoms with Gasteiger partial charge in [-0.3, -0.25) is 4.79 Å². The van der Waals surface area contributed by atoms with E-state index in [0.29, 0.717) is 5.03 Å². The van der Waals surface area contributed by atoms with E-state index in [-0.39, 0.29) is 11.7 Å². The van der Waals surface area contributed by atoms with Crippen LogP contribution in [0.25, 0.3) is 11.3 Å². The van der Waals surface area contributed by atoms with Gasteiger partial charge in [0.25, 0.3) is 0 Å². The van der Waals surface area contributed by atoms with Crippen LogP contribution in [0.15, 0.2) is 65.7 Å². The molecule has 0 fully saturated rings. The summed E-state index contributed by atoms with van der Waals surface area (Å²) in [5.41, 5.74) is 3.56. The maximum absolute atomic E-state index is 12.0. The molecule has 5 nitrogen and oxygen atoms in total. The Bertz CT molecular complexity index is 880. The van der Waals surface area contributed by atoms with Crippen molar-refractivity contribution in [1.29, 1.82) is 0 Å². The van der Waals surface area contributed by atoms with E-state index in [1.807, 2.05) is 67.6 Å². The summed E-state index contributed by atoms with van der Waals surface area (Å²) in [5.74, 6) is 0.949. The van der Waals surface area contributed by atoms with Gasteiger partial charge in [-0.2, -0.15) is 0 Å². The van der Waals surface area contributed by atoms with Gasteiger partial charge in [0.1, 0.15) is 10.8 Å². The molecule has 1 aromatic heterocycles. The molecule has 0 saturated carbocycles. The fourth-order valence-electron chi connectivity index (χ4n) is 2.37. The molecule has 2 aromatic carbocycles. The Morgan fingerprint density at radius 2 is 1.81 bits per heavy atom. The number of para-hydroxylation sites is 1. The third kappa shape index (κ3) is 4.61. The van der Waals surface area contributed by atoms with Crippen LogP contribution >= 0.6 is 11.8 Å². The van der Waals surface area contributed by atoms with Gasteiger partial charge in [-0.05, 0) is 43.3 Å². The van der Waals surface area contributed by atoms with Crippen LogP contribution in [0.4, 0.5) is 5.69 Å². The molecule has 0 saturated heterocycles. The predicted molar refractivity (Wildman–Crippen MR) is 105 cm³/mol. The van der Waals surface area contributed by atoms with Gasteiger partial charge in [-0.15, -0.1) is 10.2 Å². The molecule has 0 atom stereocenters. The molecule has 0 spiro atoms. The van der Waals surface area contributed by atoms with Gasteiger partial charge in [0.05, 0.1) is 18.6 Å². The molecule has 0 unspecified atom stereocenters. The number of benzene rings is 2. The van der Waals surface area contributed by atoms with E-state index < -0.39 is 0 Å². The lowest BCUT2D eigenvalue weighted by atomic mass is 10.1. The van der Waals surface area contributed by atoms with Crippen LogP contribution in [-0.4, -0.2) is 29.0 Å². The van der Waals surface area contributed by atoms with E-state index in [0.717, 1.165) is 28.3 Å². The smallest absolute Gasteiger partial charge is 0.234 e. The Hall–Kier alpha value is -2.86. The minimum atomic E-state index is -0.0746. The Balaban J connectivity index is 1.59. The first-order valence-electron chi connectivity index (χ1n) is 8.12. The molecule has 132 valence electrons. The van der Waals surface area contributed by atoms with Gasteiger partial charge in [-0.1, -0.05) is 41.6 Å². The van der Waals surface area contributed by atoms with Gasteiger partial charge < -0.3 is 10.1 Å². The van der Waals surface area contributed by atoms with E-state index in [9.17, 15) is 4.79 Å². The summed E-state index contributed by atoms with van der Waals surface area (Å²) in [7, 11) is 1.63. The number of ether oxygens (including phenoxy) is 1. The van der Waals surface area contributed by atoms with Crippen LogP contribution in [0, 0.1) is 6.92 Å². The molecule has 3 aromatic rings. The summed E-state index contributed by atoms with van der Waals surface area (Å²) >= 11 is 1.35. The Kier molecular flexibility index (Phi) is 5.86. The largest absolute Gasteiger partial charge is 0.496 e. The number of hydrogen-bond acceptors (Lipinski definition) is 5. The molecule has 3 rings (SSSR count). The highest BCUT2D eigenvalue weighted by atomic mass is 32.2. The van der Waals surface area contributed by atoms with Crippen LogP contribution in [0.3, 0.4) is 0 Å². The topological polar surface area (TPSA) is 64.1 Å². The van der Waals surface area contributed by atoms with E-state index >= 15 is 0 Å². The zero-order valence-corrected chi connectivity index (χ0v) is 15.4. The molecule has 0 aliphatic rings. The molecular weight excluding hydrogens is 346 g/mol. The summed E-state index contributed by atoms with van der Waals surface area (Å²) in [6.45, 7) is 2.01. The van der Waals surface area contributed by atoms with E-state index in [2.05, 4.69) is 15.5 Å². The molecule has 6 heteroatoms. The number of nitrogens with zero attached hydrogens (tertiary/aromatic N) is 2. The number of aromatic nitrogens is 2. The lowest BCUT2D eigenvalue weighted by Gasteiger charge is -2.07. The third-order valence-corrected chi connectivity index (χ3v) is 4.63.